The van der Waals surface area contributed by atoms with Crippen LogP contribution in [-0.2, 0) is 17.6 Å². The van der Waals surface area contributed by atoms with Crippen molar-refractivity contribution < 1.29 is 4.74 Å². The molecule has 0 spiro atoms. The molecule has 0 aliphatic heterocycles. The number of aromatic nitrogens is 2. The van der Waals surface area contributed by atoms with Crippen LogP contribution in [0.4, 0.5) is 0 Å². The van der Waals surface area contributed by atoms with Gasteiger partial charge in [-0.05, 0) is 39.0 Å². The van der Waals surface area contributed by atoms with Gasteiger partial charge in [0.2, 0.25) is 0 Å². The van der Waals surface area contributed by atoms with Crippen LogP contribution in [0.2, 0.25) is 0 Å². The second-order valence-corrected chi connectivity index (χ2v) is 4.79. The van der Waals surface area contributed by atoms with Gasteiger partial charge in [0.15, 0.2) is 0 Å². The summed E-state index contributed by atoms with van der Waals surface area (Å²) >= 11 is 0. The van der Waals surface area contributed by atoms with Gasteiger partial charge >= 0.3 is 0 Å². The van der Waals surface area contributed by atoms with E-state index < -0.39 is 0 Å². The molecule has 0 aromatic carbocycles. The van der Waals surface area contributed by atoms with E-state index in [0.29, 0.717) is 12.4 Å². The number of hydrogen-bond donors (Lipinski definition) is 1. The molecule has 1 aliphatic carbocycles. The maximum atomic E-state index is 12.1. The number of aromatic amines is 1. The van der Waals surface area contributed by atoms with Gasteiger partial charge in [-0.15, -0.1) is 0 Å². The van der Waals surface area contributed by atoms with E-state index in [1.54, 1.807) is 0 Å². The minimum Gasteiger partial charge on any atom is -0.371 e. The molecular formula is C14H22N2O2. The lowest BCUT2D eigenvalue weighted by molar-refractivity contribution is 0.0531. The summed E-state index contributed by atoms with van der Waals surface area (Å²) in [6.07, 6.45) is 5.95. The lowest BCUT2D eigenvalue weighted by atomic mass is 10.1. The summed E-state index contributed by atoms with van der Waals surface area (Å²) in [6.45, 7) is 4.65. The number of nitrogens with one attached hydrogen (secondary N) is 1. The number of fused-ring (bicyclic) bond motifs is 1. The Balaban J connectivity index is 2.36. The van der Waals surface area contributed by atoms with Gasteiger partial charge in [0.05, 0.1) is 5.69 Å². The first-order valence-electron chi connectivity index (χ1n) is 6.99. The highest BCUT2D eigenvalue weighted by Gasteiger charge is 2.18. The predicted molar refractivity (Wildman–Crippen MR) is 70.8 cm³/mol. The Kier molecular flexibility index (Phi) is 4.53. The lowest BCUT2D eigenvalue weighted by Crippen LogP contribution is -2.22. The SMILES string of the molecule is CCOC(CC)c1nc2c(c(=O)[nH]1)CCCCC2. The molecule has 0 radical (unpaired) electrons. The van der Waals surface area contributed by atoms with E-state index in [1.165, 1.54) is 6.42 Å². The smallest absolute Gasteiger partial charge is 0.254 e. The molecule has 0 bridgehead atoms. The van der Waals surface area contributed by atoms with Crippen LogP contribution in [0.5, 0.6) is 0 Å². The summed E-state index contributed by atoms with van der Waals surface area (Å²) in [5, 5.41) is 0. The van der Waals surface area contributed by atoms with Gasteiger partial charge in [0.25, 0.3) is 5.56 Å². The third-order valence-electron chi connectivity index (χ3n) is 3.50. The van der Waals surface area contributed by atoms with Crippen molar-refractivity contribution in [3.05, 3.63) is 27.4 Å². The fourth-order valence-electron chi connectivity index (χ4n) is 2.54. The maximum absolute atomic E-state index is 12.1. The van der Waals surface area contributed by atoms with E-state index in [4.69, 9.17) is 4.74 Å². The number of aryl methyl sites for hydroxylation is 1. The molecule has 4 nitrogen and oxygen atoms in total. The van der Waals surface area contributed by atoms with Crippen LogP contribution in [-0.4, -0.2) is 16.6 Å². The van der Waals surface area contributed by atoms with Crippen molar-refractivity contribution in [1.82, 2.24) is 9.97 Å². The van der Waals surface area contributed by atoms with Gasteiger partial charge in [0, 0.05) is 12.2 Å². The molecule has 1 aromatic rings. The molecular weight excluding hydrogens is 228 g/mol. The summed E-state index contributed by atoms with van der Waals surface area (Å²) < 4.78 is 5.62. The Morgan fingerprint density at radius 1 is 1.28 bits per heavy atom. The average Bonchev–Trinajstić information content (AvgIpc) is 2.61. The zero-order valence-electron chi connectivity index (χ0n) is 11.3. The average molecular weight is 250 g/mol. The second kappa shape index (κ2) is 6.14. The van der Waals surface area contributed by atoms with Crippen molar-refractivity contribution in [1.29, 1.82) is 0 Å². The van der Waals surface area contributed by atoms with Gasteiger partial charge in [-0.3, -0.25) is 4.79 Å². The Morgan fingerprint density at radius 2 is 2.06 bits per heavy atom. The van der Waals surface area contributed by atoms with Crippen molar-refractivity contribution in [3.63, 3.8) is 0 Å². The Labute approximate surface area is 108 Å². The standard InChI is InChI=1S/C14H22N2O2/c1-3-12(18-4-2)13-15-11-9-7-5-6-8-10(11)14(17)16-13/h12H,3-9H2,1-2H3,(H,15,16,17). The topological polar surface area (TPSA) is 55.0 Å². The summed E-state index contributed by atoms with van der Waals surface area (Å²) in [4.78, 5) is 19.7. The normalized spacial score (nSPS) is 17.0. The molecule has 1 N–H and O–H groups in total. The second-order valence-electron chi connectivity index (χ2n) is 4.79. The minimum absolute atomic E-state index is 0.0371. The molecule has 0 amide bonds. The molecule has 1 atom stereocenters. The van der Waals surface area contributed by atoms with Gasteiger partial charge in [-0.1, -0.05) is 13.3 Å². The zero-order valence-corrected chi connectivity index (χ0v) is 11.3. The van der Waals surface area contributed by atoms with Gasteiger partial charge < -0.3 is 9.72 Å². The van der Waals surface area contributed by atoms with Crippen molar-refractivity contribution in [3.8, 4) is 0 Å². The first-order chi connectivity index (χ1) is 8.76. The molecule has 4 heteroatoms. The van der Waals surface area contributed by atoms with Gasteiger partial charge in [-0.25, -0.2) is 4.98 Å². The Bertz CT molecular complexity index is 454. The van der Waals surface area contributed by atoms with Crippen molar-refractivity contribution >= 4 is 0 Å². The summed E-state index contributed by atoms with van der Waals surface area (Å²) in [6, 6.07) is 0. The zero-order chi connectivity index (χ0) is 13.0. The number of hydrogen-bond acceptors (Lipinski definition) is 3. The van der Waals surface area contributed by atoms with E-state index in [-0.39, 0.29) is 11.7 Å². The number of ether oxygens (including phenoxy) is 1. The lowest BCUT2D eigenvalue weighted by Gasteiger charge is -2.15. The van der Waals surface area contributed by atoms with Crippen molar-refractivity contribution in [2.45, 2.75) is 58.5 Å². The summed E-state index contributed by atoms with van der Waals surface area (Å²) in [5.74, 6) is 0.699. The van der Waals surface area contributed by atoms with E-state index >= 15 is 0 Å². The van der Waals surface area contributed by atoms with E-state index in [2.05, 4.69) is 9.97 Å². The molecule has 0 saturated heterocycles. The molecule has 0 saturated carbocycles. The van der Waals surface area contributed by atoms with Crippen LogP contribution in [0.15, 0.2) is 4.79 Å². The van der Waals surface area contributed by atoms with E-state index in [1.807, 2.05) is 13.8 Å². The molecule has 1 aromatic heterocycles. The molecule has 1 aliphatic rings. The highest BCUT2D eigenvalue weighted by atomic mass is 16.5. The molecule has 0 fully saturated rings. The predicted octanol–water partition coefficient (Wildman–Crippen LogP) is 2.53. The highest BCUT2D eigenvalue weighted by Crippen LogP contribution is 2.20. The molecule has 1 heterocycles. The van der Waals surface area contributed by atoms with Gasteiger partial charge in [0.1, 0.15) is 11.9 Å². The fourth-order valence-corrected chi connectivity index (χ4v) is 2.54. The van der Waals surface area contributed by atoms with E-state index in [9.17, 15) is 4.79 Å². The highest BCUT2D eigenvalue weighted by molar-refractivity contribution is 5.20. The fraction of sp³-hybridized carbons (Fsp3) is 0.714. The Morgan fingerprint density at radius 3 is 2.78 bits per heavy atom. The first kappa shape index (κ1) is 13.3. The third-order valence-corrected chi connectivity index (χ3v) is 3.50. The number of nitrogens with zero attached hydrogens (tertiary/aromatic N) is 1. The molecule has 18 heavy (non-hydrogen) atoms. The van der Waals surface area contributed by atoms with Crippen LogP contribution in [0.1, 0.15) is 62.7 Å². The van der Waals surface area contributed by atoms with Gasteiger partial charge in [-0.2, -0.15) is 0 Å². The monoisotopic (exact) mass is 250 g/mol. The van der Waals surface area contributed by atoms with Crippen LogP contribution in [0.25, 0.3) is 0 Å². The molecule has 2 rings (SSSR count). The third kappa shape index (κ3) is 2.80. The Hall–Kier alpha value is -1.16. The minimum atomic E-state index is -0.0868. The summed E-state index contributed by atoms with van der Waals surface area (Å²) in [7, 11) is 0. The van der Waals surface area contributed by atoms with Crippen LogP contribution in [0, 0.1) is 0 Å². The van der Waals surface area contributed by atoms with Crippen molar-refractivity contribution in [2.75, 3.05) is 6.61 Å². The maximum Gasteiger partial charge on any atom is 0.254 e. The first-order valence-corrected chi connectivity index (χ1v) is 6.99. The number of H-pyrrole nitrogens is 1. The summed E-state index contributed by atoms with van der Waals surface area (Å²) in [5.41, 5.74) is 1.92. The van der Waals surface area contributed by atoms with Crippen molar-refractivity contribution in [2.24, 2.45) is 0 Å². The quantitative estimate of drug-likeness (QED) is 0.835. The molecule has 100 valence electrons. The largest absolute Gasteiger partial charge is 0.371 e. The van der Waals surface area contributed by atoms with Crippen LogP contribution >= 0.6 is 0 Å². The van der Waals surface area contributed by atoms with E-state index in [0.717, 1.165) is 43.4 Å². The van der Waals surface area contributed by atoms with Crippen LogP contribution in [0.3, 0.4) is 0 Å². The van der Waals surface area contributed by atoms with Crippen LogP contribution < -0.4 is 5.56 Å². The number of rotatable bonds is 4. The molecule has 1 unspecified atom stereocenters.